The first-order valence-electron chi connectivity index (χ1n) is 2.83. The van der Waals surface area contributed by atoms with Gasteiger partial charge in [0.25, 0.3) is 0 Å². The van der Waals surface area contributed by atoms with E-state index in [1.165, 1.54) is 6.20 Å². The minimum absolute atomic E-state index is 0. The molecule has 1 rings (SSSR count). The normalized spacial score (nSPS) is 8.45. The van der Waals surface area contributed by atoms with Crippen LogP contribution < -0.4 is 5.73 Å². The van der Waals surface area contributed by atoms with Crippen LogP contribution in [0.3, 0.4) is 0 Å². The highest BCUT2D eigenvalue weighted by Crippen LogP contribution is 1.90. The summed E-state index contributed by atoms with van der Waals surface area (Å²) in [5.74, 6) is -0.0486. The lowest BCUT2D eigenvalue weighted by Crippen LogP contribution is -2.13. The van der Waals surface area contributed by atoms with Gasteiger partial charge in [-0.3, -0.25) is 10.4 Å². The molecule has 3 N–H and O–H groups in total. The third kappa shape index (κ3) is 2.51. The molecule has 4 nitrogen and oxygen atoms in total. The molecule has 0 saturated carbocycles. The van der Waals surface area contributed by atoms with Gasteiger partial charge >= 0.3 is 0 Å². The number of aromatic nitrogens is 2. The number of aryl methyl sites for hydroxylation is 1. The van der Waals surface area contributed by atoms with Gasteiger partial charge in [-0.2, -0.15) is 0 Å². The minimum atomic E-state index is -0.0486. The number of halogens is 1. The lowest BCUT2D eigenvalue weighted by Gasteiger charge is -1.94. The first-order chi connectivity index (χ1) is 4.70. The van der Waals surface area contributed by atoms with Crippen LogP contribution in [0.2, 0.25) is 0 Å². The monoisotopic (exact) mass is 172 g/mol. The Morgan fingerprint density at radius 1 is 1.45 bits per heavy atom. The Kier molecular flexibility index (Phi) is 3.47. The Morgan fingerprint density at radius 2 is 2.09 bits per heavy atom. The lowest BCUT2D eigenvalue weighted by atomic mass is 10.4. The smallest absolute Gasteiger partial charge is 0.143 e. The van der Waals surface area contributed by atoms with Crippen molar-refractivity contribution in [3.05, 3.63) is 23.8 Å². The Labute approximate surface area is 70.8 Å². The number of nitrogen functional groups attached to an aromatic ring is 1. The zero-order chi connectivity index (χ0) is 7.56. The van der Waals surface area contributed by atoms with Crippen molar-refractivity contribution >= 4 is 18.2 Å². The Balaban J connectivity index is 0.000001000. The maximum atomic E-state index is 6.98. The summed E-state index contributed by atoms with van der Waals surface area (Å²) < 4.78 is 0. The van der Waals surface area contributed by atoms with Gasteiger partial charge in [0.15, 0.2) is 0 Å². The Hall–Kier alpha value is -1.16. The zero-order valence-electron chi connectivity index (χ0n) is 6.03. The van der Waals surface area contributed by atoms with Gasteiger partial charge in [-0.15, -0.1) is 12.4 Å². The van der Waals surface area contributed by atoms with E-state index < -0.39 is 0 Å². The molecule has 0 aliphatic heterocycles. The molecule has 0 aliphatic rings. The molecule has 0 saturated heterocycles. The van der Waals surface area contributed by atoms with Gasteiger partial charge in [-0.25, -0.2) is 4.98 Å². The second-order valence-corrected chi connectivity index (χ2v) is 1.96. The third-order valence-corrected chi connectivity index (χ3v) is 1.06. The van der Waals surface area contributed by atoms with E-state index in [0.29, 0.717) is 5.69 Å². The van der Waals surface area contributed by atoms with E-state index in [4.69, 9.17) is 11.1 Å². The van der Waals surface area contributed by atoms with Gasteiger partial charge in [0.2, 0.25) is 0 Å². The van der Waals surface area contributed by atoms with Crippen LogP contribution in [0.15, 0.2) is 12.4 Å². The number of hydrogen-bond acceptors (Lipinski definition) is 3. The zero-order valence-corrected chi connectivity index (χ0v) is 6.85. The molecule has 0 aromatic carbocycles. The van der Waals surface area contributed by atoms with E-state index in [9.17, 15) is 0 Å². The molecule has 11 heavy (non-hydrogen) atoms. The van der Waals surface area contributed by atoms with Crippen molar-refractivity contribution in [2.24, 2.45) is 5.73 Å². The number of amidine groups is 1. The minimum Gasteiger partial charge on any atom is -0.382 e. The van der Waals surface area contributed by atoms with E-state index in [0.717, 1.165) is 5.69 Å². The van der Waals surface area contributed by atoms with E-state index in [1.54, 1.807) is 6.20 Å². The molecule has 1 heterocycles. The van der Waals surface area contributed by atoms with Crippen LogP contribution in [0.1, 0.15) is 11.4 Å². The number of nitrogens with two attached hydrogens (primary N) is 1. The van der Waals surface area contributed by atoms with Crippen molar-refractivity contribution in [2.75, 3.05) is 0 Å². The summed E-state index contributed by atoms with van der Waals surface area (Å²) >= 11 is 0. The summed E-state index contributed by atoms with van der Waals surface area (Å²) in [6.07, 6.45) is 3.06. The van der Waals surface area contributed by atoms with Crippen LogP contribution in [0.5, 0.6) is 0 Å². The number of nitrogens with one attached hydrogen (secondary N) is 1. The molecule has 1 aromatic heterocycles. The fraction of sp³-hybridized carbons (Fsp3) is 0.167. The van der Waals surface area contributed by atoms with E-state index in [-0.39, 0.29) is 18.2 Å². The molecule has 0 aliphatic carbocycles. The van der Waals surface area contributed by atoms with E-state index in [1.807, 2.05) is 6.92 Å². The van der Waals surface area contributed by atoms with Gasteiger partial charge in [-0.1, -0.05) is 0 Å². The van der Waals surface area contributed by atoms with Crippen molar-refractivity contribution in [3.63, 3.8) is 0 Å². The molecule has 0 unspecified atom stereocenters. The van der Waals surface area contributed by atoms with E-state index >= 15 is 0 Å². The predicted molar refractivity (Wildman–Crippen MR) is 45.0 cm³/mol. The van der Waals surface area contributed by atoms with Crippen molar-refractivity contribution in [1.82, 2.24) is 9.97 Å². The lowest BCUT2D eigenvalue weighted by molar-refractivity contribution is 1.09. The summed E-state index contributed by atoms with van der Waals surface area (Å²) in [6.45, 7) is 1.83. The average molecular weight is 173 g/mol. The topological polar surface area (TPSA) is 75.7 Å². The van der Waals surface area contributed by atoms with Crippen LogP contribution in [0, 0.1) is 12.3 Å². The Morgan fingerprint density at radius 3 is 2.45 bits per heavy atom. The number of nitrogens with zero attached hydrogens (tertiary/aromatic N) is 2. The quantitative estimate of drug-likeness (QED) is 0.478. The molecule has 5 heteroatoms. The molecule has 0 radical (unpaired) electrons. The molecule has 0 spiro atoms. The second-order valence-electron chi connectivity index (χ2n) is 1.96. The highest BCUT2D eigenvalue weighted by molar-refractivity contribution is 5.92. The van der Waals surface area contributed by atoms with Crippen LogP contribution >= 0.6 is 12.4 Å². The van der Waals surface area contributed by atoms with Crippen LogP contribution in [-0.2, 0) is 0 Å². The number of hydrogen-bond donors (Lipinski definition) is 2. The van der Waals surface area contributed by atoms with Gasteiger partial charge in [0.05, 0.1) is 11.9 Å². The summed E-state index contributed by atoms with van der Waals surface area (Å²) in [5.41, 5.74) is 6.39. The van der Waals surface area contributed by atoms with Gasteiger partial charge < -0.3 is 5.73 Å². The molecule has 0 bridgehead atoms. The van der Waals surface area contributed by atoms with Crippen LogP contribution in [-0.4, -0.2) is 15.8 Å². The van der Waals surface area contributed by atoms with Gasteiger partial charge in [0.1, 0.15) is 11.5 Å². The maximum absolute atomic E-state index is 6.98. The molecular weight excluding hydrogens is 164 g/mol. The fourth-order valence-corrected chi connectivity index (χ4v) is 0.532. The standard InChI is InChI=1S/C6H8N4.ClH/c1-4-2-10-5(3-9-4)6(7)8;/h2-3H,1H3,(H3,7,8);1H. The van der Waals surface area contributed by atoms with Crippen LogP contribution in [0.4, 0.5) is 0 Å². The maximum Gasteiger partial charge on any atom is 0.143 e. The number of rotatable bonds is 1. The highest BCUT2D eigenvalue weighted by atomic mass is 35.5. The summed E-state index contributed by atoms with van der Waals surface area (Å²) in [6, 6.07) is 0. The summed E-state index contributed by atoms with van der Waals surface area (Å²) in [5, 5.41) is 6.98. The SMILES string of the molecule is Cc1cnc(C(=N)N)cn1.Cl. The van der Waals surface area contributed by atoms with Crippen LogP contribution in [0.25, 0.3) is 0 Å². The predicted octanol–water partition coefficient (Wildman–Crippen LogP) is 0.491. The average Bonchev–Trinajstić information content (AvgIpc) is 1.88. The highest BCUT2D eigenvalue weighted by Gasteiger charge is 1.95. The molecule has 0 fully saturated rings. The molecule has 1 aromatic rings. The largest absolute Gasteiger partial charge is 0.382 e. The molecule has 0 amide bonds. The second kappa shape index (κ2) is 3.88. The van der Waals surface area contributed by atoms with Gasteiger partial charge in [0, 0.05) is 6.20 Å². The van der Waals surface area contributed by atoms with E-state index in [2.05, 4.69) is 9.97 Å². The van der Waals surface area contributed by atoms with Gasteiger partial charge in [-0.05, 0) is 6.92 Å². The van der Waals surface area contributed by atoms with Crippen molar-refractivity contribution in [2.45, 2.75) is 6.92 Å². The third-order valence-electron chi connectivity index (χ3n) is 1.06. The molecular formula is C6H9ClN4. The fourth-order valence-electron chi connectivity index (χ4n) is 0.532. The first-order valence-corrected chi connectivity index (χ1v) is 2.83. The molecule has 60 valence electrons. The Bertz CT molecular complexity index is 243. The van der Waals surface area contributed by atoms with Crippen molar-refractivity contribution in [1.29, 1.82) is 5.41 Å². The van der Waals surface area contributed by atoms with Crippen molar-refractivity contribution in [3.8, 4) is 0 Å². The summed E-state index contributed by atoms with van der Waals surface area (Å²) in [4.78, 5) is 7.78. The first kappa shape index (κ1) is 9.84. The summed E-state index contributed by atoms with van der Waals surface area (Å²) in [7, 11) is 0. The molecule has 0 atom stereocenters. The van der Waals surface area contributed by atoms with Crippen molar-refractivity contribution < 1.29 is 0 Å².